The second-order valence-electron chi connectivity index (χ2n) is 8.32. The van der Waals surface area contributed by atoms with E-state index in [2.05, 4.69) is 23.6 Å². The Morgan fingerprint density at radius 1 is 1.28 bits per heavy atom. The Balaban J connectivity index is 1.44. The van der Waals surface area contributed by atoms with Gasteiger partial charge in [-0.15, -0.1) is 0 Å². The van der Waals surface area contributed by atoms with Crippen LogP contribution in [0.25, 0.3) is 0 Å². The van der Waals surface area contributed by atoms with Crippen molar-refractivity contribution in [2.45, 2.75) is 57.7 Å². The van der Waals surface area contributed by atoms with Gasteiger partial charge in [0.25, 0.3) is 5.91 Å². The van der Waals surface area contributed by atoms with Crippen LogP contribution in [0.15, 0.2) is 23.0 Å². The Morgan fingerprint density at radius 3 is 2.76 bits per heavy atom. The number of nitrogens with zero attached hydrogens (tertiary/aromatic N) is 3. The van der Waals surface area contributed by atoms with Gasteiger partial charge in [-0.3, -0.25) is 9.69 Å². The van der Waals surface area contributed by atoms with Gasteiger partial charge in [0.2, 0.25) is 0 Å². The maximum Gasteiger partial charge on any atom is 0.257 e. The molecule has 0 aromatic carbocycles. The maximum absolute atomic E-state index is 12.7. The van der Waals surface area contributed by atoms with Crippen LogP contribution in [0.4, 0.5) is 0 Å². The fraction of sp³-hybridized carbons (Fsp3) is 0.750. The highest BCUT2D eigenvalue weighted by Gasteiger charge is 2.46. The molecule has 3 aliphatic rings. The van der Waals surface area contributed by atoms with E-state index in [4.69, 9.17) is 4.42 Å². The summed E-state index contributed by atoms with van der Waals surface area (Å²) in [5.74, 6) is 0.742. The number of hydrogen-bond acceptors (Lipinski definition) is 4. The van der Waals surface area contributed by atoms with Gasteiger partial charge >= 0.3 is 0 Å². The molecule has 1 aromatic heterocycles. The molecule has 5 nitrogen and oxygen atoms in total. The third-order valence-electron chi connectivity index (χ3n) is 6.39. The van der Waals surface area contributed by atoms with E-state index in [1.807, 2.05) is 4.90 Å². The topological polar surface area (TPSA) is 39.9 Å². The monoisotopic (exact) mass is 345 g/mol. The van der Waals surface area contributed by atoms with Crippen molar-refractivity contribution in [1.82, 2.24) is 14.7 Å². The van der Waals surface area contributed by atoms with Crippen LogP contribution >= 0.6 is 0 Å². The minimum absolute atomic E-state index is 0.131. The zero-order valence-electron chi connectivity index (χ0n) is 15.6. The van der Waals surface area contributed by atoms with Crippen molar-refractivity contribution in [2.24, 2.45) is 5.92 Å². The molecular formula is C20H31N3O2. The first-order valence-corrected chi connectivity index (χ1v) is 9.94. The molecule has 1 aromatic rings. The van der Waals surface area contributed by atoms with Gasteiger partial charge in [0.15, 0.2) is 0 Å². The summed E-state index contributed by atoms with van der Waals surface area (Å²) >= 11 is 0. The summed E-state index contributed by atoms with van der Waals surface area (Å²) in [6.07, 6.45) is 8.20. The van der Waals surface area contributed by atoms with Crippen molar-refractivity contribution in [3.8, 4) is 0 Å². The molecule has 1 amide bonds. The van der Waals surface area contributed by atoms with Crippen LogP contribution in [-0.2, 0) is 0 Å². The average molecular weight is 345 g/mol. The Kier molecular flexibility index (Phi) is 4.87. The van der Waals surface area contributed by atoms with Crippen molar-refractivity contribution in [2.75, 3.05) is 32.7 Å². The number of carbonyl (C=O) groups excluding carboxylic acids is 1. The Morgan fingerprint density at radius 2 is 2.08 bits per heavy atom. The summed E-state index contributed by atoms with van der Waals surface area (Å²) in [5, 5.41) is 0. The number of carbonyl (C=O) groups is 1. The summed E-state index contributed by atoms with van der Waals surface area (Å²) in [4.78, 5) is 20.1. The summed E-state index contributed by atoms with van der Waals surface area (Å²) in [6, 6.07) is 3.65. The highest BCUT2D eigenvalue weighted by molar-refractivity contribution is 5.93. The first-order valence-electron chi connectivity index (χ1n) is 9.94. The van der Waals surface area contributed by atoms with Gasteiger partial charge < -0.3 is 14.2 Å². The van der Waals surface area contributed by atoms with Crippen LogP contribution < -0.4 is 0 Å². The number of piperidine rings is 1. The molecule has 4 rings (SSSR count). The normalized spacial score (nSPS) is 31.0. The molecule has 3 fully saturated rings. The highest BCUT2D eigenvalue weighted by Crippen LogP contribution is 2.38. The van der Waals surface area contributed by atoms with Gasteiger partial charge in [-0.05, 0) is 64.6 Å². The Labute approximate surface area is 150 Å². The van der Waals surface area contributed by atoms with Crippen LogP contribution in [-0.4, -0.2) is 71.5 Å². The minimum atomic E-state index is 0.131. The second-order valence-corrected chi connectivity index (χ2v) is 8.32. The van der Waals surface area contributed by atoms with Gasteiger partial charge in [0.1, 0.15) is 6.26 Å². The lowest BCUT2D eigenvalue weighted by Crippen LogP contribution is -2.51. The van der Waals surface area contributed by atoms with Gasteiger partial charge in [-0.2, -0.15) is 0 Å². The molecule has 0 radical (unpaired) electrons. The molecule has 0 spiro atoms. The average Bonchev–Trinajstić information content (AvgIpc) is 3.34. The van der Waals surface area contributed by atoms with E-state index in [0.29, 0.717) is 29.6 Å². The molecule has 4 heterocycles. The SMILES string of the molecule is CC(C)N1[C@H](CN2CCCC2)C[C@@H]2CN(C(=O)c3ccoc3)CC[C@@H]21. The standard InChI is InChI=1S/C20H31N3O2/c1-15(2)23-18(13-21-7-3-4-8-21)11-17-12-22(9-5-19(17)23)20(24)16-6-10-25-14-16/h6,10,14-15,17-19H,3-5,7-9,11-13H2,1-2H3/t17-,18+,19+/m1/s1. The third kappa shape index (κ3) is 3.36. The van der Waals surface area contributed by atoms with E-state index >= 15 is 0 Å². The summed E-state index contributed by atoms with van der Waals surface area (Å²) in [5.41, 5.74) is 0.686. The quantitative estimate of drug-likeness (QED) is 0.841. The molecule has 3 aliphatic heterocycles. The van der Waals surface area contributed by atoms with Crippen molar-refractivity contribution in [3.63, 3.8) is 0 Å². The molecule has 0 unspecified atom stereocenters. The molecule has 5 heteroatoms. The molecular weight excluding hydrogens is 314 g/mol. The molecule has 0 saturated carbocycles. The van der Waals surface area contributed by atoms with Gasteiger partial charge in [-0.1, -0.05) is 0 Å². The van der Waals surface area contributed by atoms with Crippen LogP contribution in [0.1, 0.15) is 49.9 Å². The lowest BCUT2D eigenvalue weighted by atomic mass is 9.91. The van der Waals surface area contributed by atoms with Crippen molar-refractivity contribution < 1.29 is 9.21 Å². The molecule has 0 N–H and O–H groups in total. The highest BCUT2D eigenvalue weighted by atomic mass is 16.3. The first-order chi connectivity index (χ1) is 12.1. The predicted molar refractivity (Wildman–Crippen MR) is 97.6 cm³/mol. The van der Waals surface area contributed by atoms with Crippen LogP contribution in [0.5, 0.6) is 0 Å². The van der Waals surface area contributed by atoms with E-state index in [9.17, 15) is 4.79 Å². The van der Waals surface area contributed by atoms with Gasteiger partial charge in [0.05, 0.1) is 11.8 Å². The molecule has 0 bridgehead atoms. The zero-order chi connectivity index (χ0) is 17.4. The molecule has 3 saturated heterocycles. The second kappa shape index (κ2) is 7.12. The maximum atomic E-state index is 12.7. The number of hydrogen-bond donors (Lipinski definition) is 0. The summed E-state index contributed by atoms with van der Waals surface area (Å²) < 4.78 is 5.09. The van der Waals surface area contributed by atoms with E-state index in [1.54, 1.807) is 18.6 Å². The fourth-order valence-corrected chi connectivity index (χ4v) is 5.38. The molecule has 3 atom stereocenters. The predicted octanol–water partition coefficient (Wildman–Crippen LogP) is 2.69. The third-order valence-corrected chi connectivity index (χ3v) is 6.39. The molecule has 25 heavy (non-hydrogen) atoms. The largest absolute Gasteiger partial charge is 0.472 e. The Hall–Kier alpha value is -1.33. The number of likely N-dealkylation sites (tertiary alicyclic amines) is 3. The van der Waals surface area contributed by atoms with Crippen LogP contribution in [0.3, 0.4) is 0 Å². The molecule has 0 aliphatic carbocycles. The lowest BCUT2D eigenvalue weighted by molar-refractivity contribution is 0.0515. The first kappa shape index (κ1) is 17.1. The van der Waals surface area contributed by atoms with Crippen molar-refractivity contribution in [3.05, 3.63) is 24.2 Å². The van der Waals surface area contributed by atoms with E-state index < -0.39 is 0 Å². The zero-order valence-corrected chi connectivity index (χ0v) is 15.6. The lowest BCUT2D eigenvalue weighted by Gasteiger charge is -2.40. The number of fused-ring (bicyclic) bond motifs is 1. The van der Waals surface area contributed by atoms with E-state index in [1.165, 1.54) is 38.9 Å². The van der Waals surface area contributed by atoms with Crippen molar-refractivity contribution in [1.29, 1.82) is 0 Å². The number of rotatable bonds is 4. The molecule has 138 valence electrons. The van der Waals surface area contributed by atoms with Crippen molar-refractivity contribution >= 4 is 5.91 Å². The number of furan rings is 1. The fourth-order valence-electron chi connectivity index (χ4n) is 5.38. The Bertz CT molecular complexity index is 580. The van der Waals surface area contributed by atoms with Crippen LogP contribution in [0, 0.1) is 5.92 Å². The smallest absolute Gasteiger partial charge is 0.257 e. The van der Waals surface area contributed by atoms with E-state index in [0.717, 1.165) is 19.5 Å². The number of amides is 1. The van der Waals surface area contributed by atoms with Gasteiger partial charge in [0, 0.05) is 37.8 Å². The minimum Gasteiger partial charge on any atom is -0.472 e. The summed E-state index contributed by atoms with van der Waals surface area (Å²) in [6.45, 7) is 10.2. The van der Waals surface area contributed by atoms with Crippen LogP contribution in [0.2, 0.25) is 0 Å². The summed E-state index contributed by atoms with van der Waals surface area (Å²) in [7, 11) is 0. The van der Waals surface area contributed by atoms with Gasteiger partial charge in [-0.25, -0.2) is 0 Å². The van der Waals surface area contributed by atoms with E-state index in [-0.39, 0.29) is 5.91 Å².